The molecule has 0 saturated carbocycles. The van der Waals surface area contributed by atoms with Gasteiger partial charge in [-0.2, -0.15) is 0 Å². The van der Waals surface area contributed by atoms with Crippen LogP contribution in [0.1, 0.15) is 17.5 Å². The number of hydrogen-bond acceptors (Lipinski definition) is 4. The number of primary amides is 1. The lowest BCUT2D eigenvalue weighted by molar-refractivity contribution is -0.139. The van der Waals surface area contributed by atoms with Crippen LogP contribution in [0.25, 0.3) is 0 Å². The average Bonchev–Trinajstić information content (AvgIpc) is 2.88. The van der Waals surface area contributed by atoms with E-state index < -0.39 is 18.1 Å². The van der Waals surface area contributed by atoms with Crippen molar-refractivity contribution in [2.75, 3.05) is 6.54 Å². The molecule has 6 heteroatoms. The number of hydrogen-bond donors (Lipinski definition) is 3. The second-order valence-electron chi connectivity index (χ2n) is 5.70. The van der Waals surface area contributed by atoms with Gasteiger partial charge in [-0.3, -0.25) is 9.59 Å². The number of nitrogens with two attached hydrogens (primary N) is 1. The largest absolute Gasteiger partial charge is 0.391 e. The lowest BCUT2D eigenvalue weighted by Crippen LogP contribution is -2.53. The van der Waals surface area contributed by atoms with Gasteiger partial charge in [0.25, 0.3) is 0 Å². The number of carbonyl (C=O) groups excluding carboxylic acids is 2. The van der Waals surface area contributed by atoms with Crippen molar-refractivity contribution in [2.45, 2.75) is 37.6 Å². The Morgan fingerprint density at radius 1 is 1.29 bits per heavy atom. The third-order valence-electron chi connectivity index (χ3n) is 4.27. The summed E-state index contributed by atoms with van der Waals surface area (Å²) < 4.78 is 0. The van der Waals surface area contributed by atoms with Crippen LogP contribution in [0.2, 0.25) is 0 Å². The van der Waals surface area contributed by atoms with Gasteiger partial charge in [-0.1, -0.05) is 24.3 Å². The lowest BCUT2D eigenvalue weighted by atomic mass is 9.95. The van der Waals surface area contributed by atoms with E-state index in [9.17, 15) is 14.7 Å². The Labute approximate surface area is 122 Å². The van der Waals surface area contributed by atoms with Crippen LogP contribution in [0.4, 0.5) is 0 Å². The Hall–Kier alpha value is -1.92. The highest BCUT2D eigenvalue weighted by Gasteiger charge is 2.40. The maximum absolute atomic E-state index is 12.6. The molecule has 1 saturated heterocycles. The van der Waals surface area contributed by atoms with Crippen LogP contribution in [-0.2, 0) is 22.6 Å². The van der Waals surface area contributed by atoms with E-state index in [4.69, 9.17) is 5.73 Å². The molecule has 3 rings (SSSR count). The van der Waals surface area contributed by atoms with E-state index in [0.717, 1.165) is 5.56 Å². The molecule has 0 aliphatic carbocycles. The predicted octanol–water partition coefficient (Wildman–Crippen LogP) is -0.852. The molecule has 2 amide bonds. The van der Waals surface area contributed by atoms with E-state index in [1.807, 2.05) is 24.3 Å². The minimum Gasteiger partial charge on any atom is -0.391 e. The molecule has 3 atom stereocenters. The first kappa shape index (κ1) is 14.0. The number of aliphatic hydroxyl groups excluding tert-OH is 1. The number of β-amino-alcohol motifs (C(OH)–C–C–N with tert-alkyl or cyclic N) is 1. The summed E-state index contributed by atoms with van der Waals surface area (Å²) in [5, 5.41) is 12.9. The zero-order valence-electron chi connectivity index (χ0n) is 11.7. The summed E-state index contributed by atoms with van der Waals surface area (Å²) in [5.74, 6) is -0.721. The van der Waals surface area contributed by atoms with Crippen LogP contribution in [-0.4, -0.2) is 46.6 Å². The van der Waals surface area contributed by atoms with Gasteiger partial charge >= 0.3 is 0 Å². The molecular weight excluding hydrogens is 270 g/mol. The molecule has 2 unspecified atom stereocenters. The van der Waals surface area contributed by atoms with Gasteiger partial charge in [0.1, 0.15) is 6.04 Å². The number of nitrogens with one attached hydrogen (secondary N) is 1. The quantitative estimate of drug-likeness (QED) is 0.661. The molecule has 112 valence electrons. The van der Waals surface area contributed by atoms with E-state index in [0.29, 0.717) is 13.0 Å². The Bertz CT molecular complexity index is 575. The van der Waals surface area contributed by atoms with Crippen LogP contribution < -0.4 is 11.1 Å². The van der Waals surface area contributed by atoms with Crippen LogP contribution in [0.5, 0.6) is 0 Å². The monoisotopic (exact) mass is 289 g/mol. The van der Waals surface area contributed by atoms with Crippen LogP contribution in [0, 0.1) is 0 Å². The molecule has 2 aliphatic rings. The molecular formula is C15H19N3O3. The van der Waals surface area contributed by atoms with Crippen molar-refractivity contribution in [3.8, 4) is 0 Å². The Balaban J connectivity index is 1.76. The summed E-state index contributed by atoms with van der Waals surface area (Å²) in [4.78, 5) is 25.5. The highest BCUT2D eigenvalue weighted by molar-refractivity contribution is 5.90. The van der Waals surface area contributed by atoms with E-state index in [1.165, 1.54) is 10.5 Å². The number of amides is 2. The molecule has 4 N–H and O–H groups in total. The maximum Gasteiger partial charge on any atom is 0.240 e. The van der Waals surface area contributed by atoms with Gasteiger partial charge in [0.15, 0.2) is 0 Å². The molecule has 0 bridgehead atoms. The first-order valence-corrected chi connectivity index (χ1v) is 7.14. The number of likely N-dealkylation sites (tertiary alicyclic amines) is 1. The third kappa shape index (κ3) is 2.64. The molecule has 2 heterocycles. The standard InChI is InChI=1S/C15H19N3O3/c16-14(20)13-6-11(19)8-18(13)15(21)12-5-9-3-1-2-4-10(9)7-17-12/h1-4,11-13,17,19H,5-8H2,(H2,16,20)/t11?,12-,13?/m0/s1. The summed E-state index contributed by atoms with van der Waals surface area (Å²) in [6.45, 7) is 0.802. The van der Waals surface area contributed by atoms with E-state index in [1.54, 1.807) is 0 Å². The summed E-state index contributed by atoms with van der Waals surface area (Å²) in [7, 11) is 0. The summed E-state index contributed by atoms with van der Waals surface area (Å²) in [6.07, 6.45) is 0.139. The molecule has 1 aromatic carbocycles. The summed E-state index contributed by atoms with van der Waals surface area (Å²) in [5.41, 5.74) is 7.66. The van der Waals surface area contributed by atoms with Gasteiger partial charge in [-0.05, 0) is 17.5 Å². The highest BCUT2D eigenvalue weighted by Crippen LogP contribution is 2.22. The second-order valence-corrected chi connectivity index (χ2v) is 5.70. The number of carbonyl (C=O) groups is 2. The van der Waals surface area contributed by atoms with Gasteiger partial charge < -0.3 is 21.1 Å². The Morgan fingerprint density at radius 2 is 2.00 bits per heavy atom. The van der Waals surface area contributed by atoms with E-state index >= 15 is 0 Å². The Kier molecular flexibility index (Phi) is 3.65. The van der Waals surface area contributed by atoms with Gasteiger partial charge in [-0.15, -0.1) is 0 Å². The van der Waals surface area contributed by atoms with E-state index in [2.05, 4.69) is 5.32 Å². The van der Waals surface area contributed by atoms with Crippen LogP contribution >= 0.6 is 0 Å². The van der Waals surface area contributed by atoms with Crippen molar-refractivity contribution in [1.29, 1.82) is 0 Å². The third-order valence-corrected chi connectivity index (χ3v) is 4.27. The second kappa shape index (κ2) is 5.46. The van der Waals surface area contributed by atoms with Gasteiger partial charge in [0, 0.05) is 19.5 Å². The Morgan fingerprint density at radius 3 is 2.71 bits per heavy atom. The summed E-state index contributed by atoms with van der Waals surface area (Å²) >= 11 is 0. The smallest absolute Gasteiger partial charge is 0.240 e. The molecule has 2 aliphatic heterocycles. The minimum atomic E-state index is -0.702. The van der Waals surface area contributed by atoms with Gasteiger partial charge in [0.2, 0.25) is 11.8 Å². The summed E-state index contributed by atoms with van der Waals surface area (Å²) in [6, 6.07) is 6.91. The van der Waals surface area contributed by atoms with Crippen LogP contribution in [0.3, 0.4) is 0 Å². The number of aliphatic hydroxyl groups is 1. The van der Waals surface area contributed by atoms with Crippen molar-refractivity contribution in [2.24, 2.45) is 5.73 Å². The molecule has 1 fully saturated rings. The number of benzene rings is 1. The SMILES string of the molecule is NC(=O)C1CC(O)CN1C(=O)[C@@H]1Cc2ccccc2CN1. The molecule has 1 aromatic rings. The number of fused-ring (bicyclic) bond motifs is 1. The fraction of sp³-hybridized carbons (Fsp3) is 0.467. The molecule has 0 radical (unpaired) electrons. The molecule has 21 heavy (non-hydrogen) atoms. The average molecular weight is 289 g/mol. The molecule has 6 nitrogen and oxygen atoms in total. The topological polar surface area (TPSA) is 95.7 Å². The predicted molar refractivity (Wildman–Crippen MR) is 76.1 cm³/mol. The van der Waals surface area contributed by atoms with Crippen molar-refractivity contribution < 1.29 is 14.7 Å². The zero-order valence-corrected chi connectivity index (χ0v) is 11.7. The lowest BCUT2D eigenvalue weighted by Gasteiger charge is -2.31. The van der Waals surface area contributed by atoms with Crippen LogP contribution in [0.15, 0.2) is 24.3 Å². The molecule has 0 spiro atoms. The first-order chi connectivity index (χ1) is 10.1. The number of rotatable bonds is 2. The fourth-order valence-corrected chi connectivity index (χ4v) is 3.16. The first-order valence-electron chi connectivity index (χ1n) is 7.14. The highest BCUT2D eigenvalue weighted by atomic mass is 16.3. The zero-order chi connectivity index (χ0) is 15.0. The van der Waals surface area contributed by atoms with Gasteiger partial charge in [0.05, 0.1) is 12.1 Å². The van der Waals surface area contributed by atoms with Crippen molar-refractivity contribution in [3.05, 3.63) is 35.4 Å². The van der Waals surface area contributed by atoms with Crippen molar-refractivity contribution in [3.63, 3.8) is 0 Å². The molecule has 0 aromatic heterocycles. The van der Waals surface area contributed by atoms with Crippen molar-refractivity contribution in [1.82, 2.24) is 10.2 Å². The normalized spacial score (nSPS) is 28.2. The van der Waals surface area contributed by atoms with Gasteiger partial charge in [-0.25, -0.2) is 0 Å². The minimum absolute atomic E-state index is 0.162. The maximum atomic E-state index is 12.6. The van der Waals surface area contributed by atoms with E-state index in [-0.39, 0.29) is 24.9 Å². The number of nitrogens with zero attached hydrogens (tertiary/aromatic N) is 1. The fourth-order valence-electron chi connectivity index (χ4n) is 3.16. The van der Waals surface area contributed by atoms with Crippen molar-refractivity contribution >= 4 is 11.8 Å².